The molecular formula is C22H34O. The SMILES string of the molecule is O[C@@]1(c2ccccc2)CCCCCCCCCCCC[C@@H]2C[C@@H]21. The average molecular weight is 315 g/mol. The molecule has 2 saturated carbocycles. The van der Waals surface area contributed by atoms with Crippen molar-refractivity contribution in [2.24, 2.45) is 11.8 Å². The van der Waals surface area contributed by atoms with E-state index in [2.05, 4.69) is 30.3 Å². The van der Waals surface area contributed by atoms with Crippen LogP contribution in [0.5, 0.6) is 0 Å². The summed E-state index contributed by atoms with van der Waals surface area (Å²) in [4.78, 5) is 0. The van der Waals surface area contributed by atoms with Gasteiger partial charge in [-0.3, -0.25) is 0 Å². The largest absolute Gasteiger partial charge is 0.385 e. The van der Waals surface area contributed by atoms with E-state index in [1.807, 2.05) is 0 Å². The van der Waals surface area contributed by atoms with Crippen LogP contribution < -0.4 is 0 Å². The summed E-state index contributed by atoms with van der Waals surface area (Å²) in [5, 5.41) is 11.5. The Hall–Kier alpha value is -0.820. The van der Waals surface area contributed by atoms with Crippen LogP contribution in [0.1, 0.15) is 89.0 Å². The summed E-state index contributed by atoms with van der Waals surface area (Å²) in [7, 11) is 0. The Morgan fingerprint density at radius 2 is 1.30 bits per heavy atom. The molecular weight excluding hydrogens is 280 g/mol. The smallest absolute Gasteiger partial charge is 0.0927 e. The number of aliphatic hydroxyl groups is 1. The lowest BCUT2D eigenvalue weighted by molar-refractivity contribution is -0.00410. The molecule has 0 amide bonds. The van der Waals surface area contributed by atoms with Crippen molar-refractivity contribution in [3.05, 3.63) is 35.9 Å². The van der Waals surface area contributed by atoms with Crippen molar-refractivity contribution < 1.29 is 5.11 Å². The number of hydrogen-bond acceptors (Lipinski definition) is 1. The first-order chi connectivity index (χ1) is 11.3. The summed E-state index contributed by atoms with van der Waals surface area (Å²) in [5.74, 6) is 1.28. The minimum Gasteiger partial charge on any atom is -0.385 e. The van der Waals surface area contributed by atoms with Crippen LogP contribution in [0, 0.1) is 11.8 Å². The number of rotatable bonds is 1. The average Bonchev–Trinajstić information content (AvgIpc) is 3.36. The first-order valence-electron chi connectivity index (χ1n) is 10.1. The predicted molar refractivity (Wildman–Crippen MR) is 97.3 cm³/mol. The van der Waals surface area contributed by atoms with E-state index in [0.717, 1.165) is 17.9 Å². The van der Waals surface area contributed by atoms with E-state index in [1.54, 1.807) is 0 Å². The molecule has 0 heterocycles. The second kappa shape index (κ2) is 8.33. The molecule has 2 aliphatic rings. The zero-order chi connectivity index (χ0) is 16.0. The monoisotopic (exact) mass is 314 g/mol. The summed E-state index contributed by atoms with van der Waals surface area (Å²) in [6, 6.07) is 10.5. The standard InChI is InChI=1S/C22H34O/c23-22(20-15-11-9-12-16-20)17-13-8-6-4-2-1-3-5-7-10-14-19-18-21(19)22/h9,11-12,15-16,19,21,23H,1-8,10,13-14,17-18H2/t19-,21+,22-/m1/s1. The van der Waals surface area contributed by atoms with Crippen molar-refractivity contribution in [3.63, 3.8) is 0 Å². The van der Waals surface area contributed by atoms with Gasteiger partial charge in [0.05, 0.1) is 5.60 Å². The Labute approximate surface area is 142 Å². The molecule has 0 unspecified atom stereocenters. The minimum absolute atomic E-state index is 0.509. The van der Waals surface area contributed by atoms with E-state index < -0.39 is 5.60 Å². The fraction of sp³-hybridized carbons (Fsp3) is 0.727. The van der Waals surface area contributed by atoms with Gasteiger partial charge in [0.1, 0.15) is 0 Å². The highest BCUT2D eigenvalue weighted by Crippen LogP contribution is 2.55. The van der Waals surface area contributed by atoms with Gasteiger partial charge in [-0.25, -0.2) is 0 Å². The molecule has 0 bridgehead atoms. The molecule has 1 nitrogen and oxygen atoms in total. The molecule has 2 fully saturated rings. The molecule has 0 saturated heterocycles. The molecule has 2 aliphatic carbocycles. The van der Waals surface area contributed by atoms with Crippen LogP contribution in [0.2, 0.25) is 0 Å². The van der Waals surface area contributed by atoms with E-state index in [4.69, 9.17) is 0 Å². The summed E-state index contributed by atoms with van der Waals surface area (Å²) in [5.41, 5.74) is 0.600. The summed E-state index contributed by atoms with van der Waals surface area (Å²) < 4.78 is 0. The molecule has 23 heavy (non-hydrogen) atoms. The lowest BCUT2D eigenvalue weighted by Crippen LogP contribution is -2.29. The molecule has 0 aromatic heterocycles. The van der Waals surface area contributed by atoms with E-state index >= 15 is 0 Å². The van der Waals surface area contributed by atoms with E-state index in [-0.39, 0.29) is 0 Å². The van der Waals surface area contributed by atoms with Crippen molar-refractivity contribution in [2.45, 2.75) is 89.1 Å². The Kier molecular flexibility index (Phi) is 6.16. The second-order valence-electron chi connectivity index (χ2n) is 7.97. The lowest BCUT2D eigenvalue weighted by Gasteiger charge is -2.30. The Bertz CT molecular complexity index is 454. The fourth-order valence-corrected chi connectivity index (χ4v) is 4.64. The van der Waals surface area contributed by atoms with Gasteiger partial charge < -0.3 is 5.11 Å². The Morgan fingerprint density at radius 3 is 1.96 bits per heavy atom. The molecule has 3 rings (SSSR count). The van der Waals surface area contributed by atoms with Crippen LogP contribution in [0.3, 0.4) is 0 Å². The van der Waals surface area contributed by atoms with Crippen molar-refractivity contribution >= 4 is 0 Å². The summed E-state index contributed by atoms with van der Waals surface area (Å²) >= 11 is 0. The van der Waals surface area contributed by atoms with Gasteiger partial charge in [-0.2, -0.15) is 0 Å². The topological polar surface area (TPSA) is 20.2 Å². The molecule has 1 aromatic carbocycles. The third-order valence-corrected chi connectivity index (χ3v) is 6.19. The Balaban J connectivity index is 1.66. The summed E-state index contributed by atoms with van der Waals surface area (Å²) in [6.07, 6.45) is 17.2. The van der Waals surface area contributed by atoms with Crippen molar-refractivity contribution in [1.82, 2.24) is 0 Å². The van der Waals surface area contributed by atoms with Crippen molar-refractivity contribution in [2.75, 3.05) is 0 Å². The Morgan fingerprint density at radius 1 is 0.739 bits per heavy atom. The quantitative estimate of drug-likeness (QED) is 0.653. The van der Waals surface area contributed by atoms with Gasteiger partial charge >= 0.3 is 0 Å². The highest BCUT2D eigenvalue weighted by atomic mass is 16.3. The third kappa shape index (κ3) is 4.59. The lowest BCUT2D eigenvalue weighted by atomic mass is 9.82. The molecule has 3 atom stereocenters. The molecule has 0 spiro atoms. The maximum atomic E-state index is 11.5. The van der Waals surface area contributed by atoms with Crippen LogP contribution in [0.4, 0.5) is 0 Å². The number of benzene rings is 1. The van der Waals surface area contributed by atoms with Gasteiger partial charge in [0.25, 0.3) is 0 Å². The van der Waals surface area contributed by atoms with Gasteiger partial charge in [0, 0.05) is 0 Å². The van der Waals surface area contributed by atoms with Gasteiger partial charge in [-0.05, 0) is 30.2 Å². The maximum Gasteiger partial charge on any atom is 0.0927 e. The van der Waals surface area contributed by atoms with Gasteiger partial charge in [0.15, 0.2) is 0 Å². The molecule has 0 radical (unpaired) electrons. The van der Waals surface area contributed by atoms with Crippen LogP contribution >= 0.6 is 0 Å². The van der Waals surface area contributed by atoms with Gasteiger partial charge in [-0.15, -0.1) is 0 Å². The molecule has 0 aliphatic heterocycles. The fourth-order valence-electron chi connectivity index (χ4n) is 4.64. The van der Waals surface area contributed by atoms with Gasteiger partial charge in [-0.1, -0.05) is 101 Å². The molecule has 1 N–H and O–H groups in total. The van der Waals surface area contributed by atoms with Crippen LogP contribution in [0.25, 0.3) is 0 Å². The van der Waals surface area contributed by atoms with Crippen LogP contribution in [-0.2, 0) is 5.60 Å². The first-order valence-corrected chi connectivity index (χ1v) is 10.1. The summed E-state index contributed by atoms with van der Waals surface area (Å²) in [6.45, 7) is 0. The number of fused-ring (bicyclic) bond motifs is 1. The predicted octanol–water partition coefficient (Wildman–Crippen LogP) is 6.21. The second-order valence-corrected chi connectivity index (χ2v) is 7.97. The van der Waals surface area contributed by atoms with Gasteiger partial charge in [0.2, 0.25) is 0 Å². The highest BCUT2D eigenvalue weighted by Gasteiger charge is 2.51. The van der Waals surface area contributed by atoms with E-state index in [9.17, 15) is 5.11 Å². The zero-order valence-electron chi connectivity index (χ0n) is 14.7. The van der Waals surface area contributed by atoms with E-state index in [1.165, 1.54) is 77.0 Å². The third-order valence-electron chi connectivity index (χ3n) is 6.19. The zero-order valence-corrected chi connectivity index (χ0v) is 14.7. The first kappa shape index (κ1) is 17.0. The normalized spacial score (nSPS) is 34.0. The maximum absolute atomic E-state index is 11.5. The molecule has 128 valence electrons. The highest BCUT2D eigenvalue weighted by molar-refractivity contribution is 5.25. The van der Waals surface area contributed by atoms with Crippen molar-refractivity contribution in [1.29, 1.82) is 0 Å². The van der Waals surface area contributed by atoms with Crippen molar-refractivity contribution in [3.8, 4) is 0 Å². The van der Waals surface area contributed by atoms with E-state index in [0.29, 0.717) is 5.92 Å². The molecule has 1 heteroatoms. The molecule has 1 aromatic rings. The minimum atomic E-state index is -0.563. The van der Waals surface area contributed by atoms with Crippen LogP contribution in [-0.4, -0.2) is 5.11 Å². The van der Waals surface area contributed by atoms with Crippen LogP contribution in [0.15, 0.2) is 30.3 Å². The number of hydrogen-bond donors (Lipinski definition) is 1.